The van der Waals surface area contributed by atoms with Crippen molar-refractivity contribution in [2.75, 3.05) is 0 Å². The number of halogens is 1. The van der Waals surface area contributed by atoms with E-state index in [4.69, 9.17) is 18.7 Å². The molecule has 40 heavy (non-hydrogen) atoms. The number of benzene rings is 4. The summed E-state index contributed by atoms with van der Waals surface area (Å²) in [5.41, 5.74) is 3.83. The summed E-state index contributed by atoms with van der Waals surface area (Å²) in [6, 6.07) is 24.7. The van der Waals surface area contributed by atoms with Gasteiger partial charge in [0.25, 0.3) is 0 Å². The first-order chi connectivity index (χ1) is 19.5. The number of fused-ring (bicyclic) bond motifs is 2. The Labute approximate surface area is 239 Å². The molecular weight excluding hydrogens is 570 g/mol. The van der Waals surface area contributed by atoms with Crippen LogP contribution in [0.5, 0.6) is 5.75 Å². The van der Waals surface area contributed by atoms with Crippen molar-refractivity contribution in [3.8, 4) is 28.5 Å². The number of para-hydroxylation sites is 1. The summed E-state index contributed by atoms with van der Waals surface area (Å²) in [6.07, 6.45) is 4.71. The van der Waals surface area contributed by atoms with Crippen LogP contribution in [-0.2, 0) is 13.0 Å². The molecule has 0 aliphatic heterocycles. The fraction of sp³-hybridized carbons (Fsp3) is 0.152. The van der Waals surface area contributed by atoms with Gasteiger partial charge in [-0.3, -0.25) is 0 Å². The quantitative estimate of drug-likeness (QED) is 0.179. The average molecular weight is 596 g/mol. The van der Waals surface area contributed by atoms with Crippen molar-refractivity contribution in [2.24, 2.45) is 0 Å². The Hall–Kier alpha value is -4.36. The number of nitrogens with zero attached hydrogens (tertiary/aromatic N) is 1. The predicted molar refractivity (Wildman–Crippen MR) is 159 cm³/mol. The largest absolute Gasteiger partial charge is 0.488 e. The second kappa shape index (κ2) is 11.0. The minimum absolute atomic E-state index is 0.250. The summed E-state index contributed by atoms with van der Waals surface area (Å²) in [4.78, 5) is 15.7. The Balaban J connectivity index is 1.26. The van der Waals surface area contributed by atoms with Gasteiger partial charge < -0.3 is 18.7 Å². The highest BCUT2D eigenvalue weighted by Crippen LogP contribution is 2.39. The SMILES string of the molecule is CCCCc1oc2ccccc2c1-c1ncc(-c2ccc3c(Br)c(OCc4ccc(C(=O)O)cc4)ccc3c2)o1. The third-order valence-corrected chi connectivity index (χ3v) is 7.76. The smallest absolute Gasteiger partial charge is 0.335 e. The first-order valence-electron chi connectivity index (χ1n) is 13.2. The lowest BCUT2D eigenvalue weighted by atomic mass is 10.1. The molecule has 0 radical (unpaired) electrons. The summed E-state index contributed by atoms with van der Waals surface area (Å²) in [6.45, 7) is 2.49. The Morgan fingerprint density at radius 3 is 2.60 bits per heavy atom. The number of oxazole rings is 1. The molecule has 0 fully saturated rings. The van der Waals surface area contributed by atoms with Gasteiger partial charge >= 0.3 is 5.97 Å². The fourth-order valence-corrected chi connectivity index (χ4v) is 5.42. The zero-order valence-electron chi connectivity index (χ0n) is 21.8. The van der Waals surface area contributed by atoms with Crippen molar-refractivity contribution in [1.29, 1.82) is 0 Å². The number of rotatable bonds is 9. The van der Waals surface area contributed by atoms with Crippen LogP contribution in [0.1, 0.15) is 41.4 Å². The van der Waals surface area contributed by atoms with Gasteiger partial charge in [-0.25, -0.2) is 9.78 Å². The second-order valence-electron chi connectivity index (χ2n) is 9.63. The molecule has 2 aromatic heterocycles. The number of aromatic nitrogens is 1. The van der Waals surface area contributed by atoms with Crippen molar-refractivity contribution in [3.05, 3.63) is 106 Å². The van der Waals surface area contributed by atoms with Crippen LogP contribution < -0.4 is 4.74 Å². The average Bonchev–Trinajstić information content (AvgIpc) is 3.60. The molecule has 0 aliphatic carbocycles. The second-order valence-corrected chi connectivity index (χ2v) is 10.4. The van der Waals surface area contributed by atoms with Crippen LogP contribution in [0.15, 0.2) is 98.4 Å². The molecule has 0 atom stereocenters. The standard InChI is InChI=1S/C33H26BrNO5/c1-2-3-7-27-30(25-6-4-5-8-26(25)39-27)32-35-18-29(40-32)23-13-15-24-22(17-23)14-16-28(31(24)34)38-19-20-9-11-21(12-10-20)33(36)37/h4-6,8-18H,2-3,7,19H2,1H3,(H,36,37). The number of aryl methyl sites for hydroxylation is 1. The molecule has 0 saturated heterocycles. The van der Waals surface area contributed by atoms with Gasteiger partial charge in [-0.15, -0.1) is 0 Å². The van der Waals surface area contributed by atoms with Crippen molar-refractivity contribution >= 4 is 43.6 Å². The van der Waals surface area contributed by atoms with E-state index in [1.807, 2.05) is 48.5 Å². The molecule has 200 valence electrons. The van der Waals surface area contributed by atoms with E-state index < -0.39 is 5.97 Å². The van der Waals surface area contributed by atoms with E-state index in [0.717, 1.165) is 67.9 Å². The van der Waals surface area contributed by atoms with E-state index in [-0.39, 0.29) is 5.56 Å². The van der Waals surface area contributed by atoms with Crippen LogP contribution in [0, 0.1) is 0 Å². The maximum absolute atomic E-state index is 11.1. The van der Waals surface area contributed by atoms with E-state index in [1.165, 1.54) is 0 Å². The number of ether oxygens (including phenoxy) is 1. The van der Waals surface area contributed by atoms with Gasteiger partial charge in [0.1, 0.15) is 23.7 Å². The topological polar surface area (TPSA) is 85.7 Å². The number of hydrogen-bond acceptors (Lipinski definition) is 5. The number of carbonyl (C=O) groups is 1. The lowest BCUT2D eigenvalue weighted by Gasteiger charge is -2.11. The molecule has 6 nitrogen and oxygen atoms in total. The van der Waals surface area contributed by atoms with Gasteiger partial charge in [0.15, 0.2) is 5.76 Å². The highest BCUT2D eigenvalue weighted by Gasteiger charge is 2.20. The third kappa shape index (κ3) is 5.00. The van der Waals surface area contributed by atoms with Gasteiger partial charge in [0.05, 0.1) is 21.8 Å². The summed E-state index contributed by atoms with van der Waals surface area (Å²) in [5, 5.41) is 12.1. The number of aromatic carboxylic acids is 1. The minimum atomic E-state index is -0.947. The zero-order chi connectivity index (χ0) is 27.6. The molecule has 7 heteroatoms. The van der Waals surface area contributed by atoms with Crippen LogP contribution >= 0.6 is 15.9 Å². The lowest BCUT2D eigenvalue weighted by molar-refractivity contribution is 0.0697. The summed E-state index contributed by atoms with van der Waals surface area (Å²) >= 11 is 3.70. The molecule has 6 rings (SSSR count). The Morgan fingerprint density at radius 1 is 0.975 bits per heavy atom. The number of carboxylic acid groups (broad SMARTS) is 1. The molecule has 1 N–H and O–H groups in total. The van der Waals surface area contributed by atoms with Crippen LogP contribution in [0.2, 0.25) is 0 Å². The molecule has 0 bridgehead atoms. The van der Waals surface area contributed by atoms with E-state index in [1.54, 1.807) is 30.5 Å². The molecule has 0 amide bonds. The monoisotopic (exact) mass is 595 g/mol. The summed E-state index contributed by atoms with van der Waals surface area (Å²) < 4.78 is 19.4. The molecule has 2 heterocycles. The Morgan fingerprint density at radius 2 is 1.80 bits per heavy atom. The van der Waals surface area contributed by atoms with Crippen molar-refractivity contribution in [3.63, 3.8) is 0 Å². The van der Waals surface area contributed by atoms with E-state index in [9.17, 15) is 4.79 Å². The van der Waals surface area contributed by atoms with E-state index >= 15 is 0 Å². The fourth-order valence-electron chi connectivity index (χ4n) is 4.81. The van der Waals surface area contributed by atoms with Crippen molar-refractivity contribution in [2.45, 2.75) is 32.8 Å². The molecule has 6 aromatic rings. The van der Waals surface area contributed by atoms with Gasteiger partial charge in [0.2, 0.25) is 5.89 Å². The van der Waals surface area contributed by atoms with E-state index in [0.29, 0.717) is 24.0 Å². The lowest BCUT2D eigenvalue weighted by Crippen LogP contribution is -1.99. The number of unbranched alkanes of at least 4 members (excludes halogenated alkanes) is 1. The minimum Gasteiger partial charge on any atom is -0.488 e. The first-order valence-corrected chi connectivity index (χ1v) is 14.0. The van der Waals surface area contributed by atoms with E-state index in [2.05, 4.69) is 33.9 Å². The van der Waals surface area contributed by atoms with Gasteiger partial charge in [-0.2, -0.15) is 0 Å². The third-order valence-electron chi connectivity index (χ3n) is 6.94. The first kappa shape index (κ1) is 25.9. The van der Waals surface area contributed by atoms with Gasteiger partial charge in [-0.1, -0.05) is 61.9 Å². The Bertz CT molecular complexity index is 1830. The molecule has 0 unspecified atom stereocenters. The van der Waals surface area contributed by atoms with Gasteiger partial charge in [0, 0.05) is 17.4 Å². The van der Waals surface area contributed by atoms with Crippen molar-refractivity contribution in [1.82, 2.24) is 4.98 Å². The molecule has 0 spiro atoms. The molecule has 0 saturated carbocycles. The maximum Gasteiger partial charge on any atom is 0.335 e. The summed E-state index contributed by atoms with van der Waals surface area (Å²) in [5.74, 6) is 1.91. The number of hydrogen-bond donors (Lipinski definition) is 1. The molecule has 0 aliphatic rings. The van der Waals surface area contributed by atoms with Crippen LogP contribution in [0.3, 0.4) is 0 Å². The Kier molecular flexibility index (Phi) is 7.13. The molecular formula is C33H26BrNO5. The van der Waals surface area contributed by atoms with Crippen LogP contribution in [0.25, 0.3) is 44.5 Å². The van der Waals surface area contributed by atoms with Crippen LogP contribution in [0.4, 0.5) is 0 Å². The normalized spacial score (nSPS) is 11.3. The maximum atomic E-state index is 11.1. The predicted octanol–water partition coefficient (Wildman–Crippen LogP) is 9.29. The van der Waals surface area contributed by atoms with Gasteiger partial charge in [-0.05, 0) is 69.0 Å². The highest BCUT2D eigenvalue weighted by molar-refractivity contribution is 9.10. The van der Waals surface area contributed by atoms with Crippen molar-refractivity contribution < 1.29 is 23.5 Å². The summed E-state index contributed by atoms with van der Waals surface area (Å²) in [7, 11) is 0. The number of carboxylic acids is 1. The molecule has 4 aromatic carbocycles. The highest BCUT2D eigenvalue weighted by atomic mass is 79.9. The van der Waals surface area contributed by atoms with Crippen LogP contribution in [-0.4, -0.2) is 16.1 Å². The zero-order valence-corrected chi connectivity index (χ0v) is 23.4. The number of furan rings is 1.